The van der Waals surface area contributed by atoms with Crippen LogP contribution in [-0.2, 0) is 0 Å². The van der Waals surface area contributed by atoms with E-state index in [9.17, 15) is 0 Å². The molecule has 0 heteroatoms. The largest absolute Gasteiger partial charge is 0.0956 e. The quantitative estimate of drug-likeness (QED) is 0.550. The lowest BCUT2D eigenvalue weighted by Gasteiger charge is -2.18. The van der Waals surface area contributed by atoms with Crippen molar-refractivity contribution in [2.75, 3.05) is 0 Å². The Labute approximate surface area is 96.5 Å². The third kappa shape index (κ3) is 6.54. The molecular weight excluding hydrogens is 180 g/mol. The van der Waals surface area contributed by atoms with Crippen LogP contribution in [0.5, 0.6) is 0 Å². The highest BCUT2D eigenvalue weighted by molar-refractivity contribution is 5.33. The van der Waals surface area contributed by atoms with Gasteiger partial charge in [0.1, 0.15) is 0 Å². The molecule has 0 N–H and O–H groups in total. The smallest absolute Gasteiger partial charge is 0.0277 e. The van der Waals surface area contributed by atoms with Gasteiger partial charge < -0.3 is 0 Å². The third-order valence-electron chi connectivity index (χ3n) is 2.89. The molecule has 0 unspecified atom stereocenters. The summed E-state index contributed by atoms with van der Waals surface area (Å²) in [5.74, 6) is 0. The summed E-state index contributed by atoms with van der Waals surface area (Å²) in [7, 11) is 0. The predicted molar refractivity (Wildman–Crippen MR) is 71.2 cm³/mol. The number of unbranched alkanes of at least 4 members (excludes halogenated alkanes) is 2. The molecule has 1 aliphatic rings. The lowest BCUT2D eigenvalue weighted by atomic mass is 9.88. The SMILES string of the molecule is C=C1CCCCC1=C(C)C.CCCCC. The molecule has 1 saturated carbocycles. The highest BCUT2D eigenvalue weighted by atomic mass is 14.1. The van der Waals surface area contributed by atoms with E-state index in [1.807, 2.05) is 0 Å². The van der Waals surface area contributed by atoms with Gasteiger partial charge in [0.2, 0.25) is 0 Å². The Morgan fingerprint density at radius 3 is 1.87 bits per heavy atom. The standard InChI is InChI=1S/C10H16.C5H12/c1-8(2)10-7-5-4-6-9(10)3;1-3-5-4-2/h3-7H2,1-2H3;3-5H2,1-2H3. The van der Waals surface area contributed by atoms with E-state index in [2.05, 4.69) is 34.3 Å². The zero-order chi connectivity index (χ0) is 11.7. The summed E-state index contributed by atoms with van der Waals surface area (Å²) < 4.78 is 0. The monoisotopic (exact) mass is 208 g/mol. The minimum Gasteiger partial charge on any atom is -0.0956 e. The van der Waals surface area contributed by atoms with E-state index in [1.165, 1.54) is 61.7 Å². The number of allylic oxidation sites excluding steroid dienone is 3. The second-order valence-corrected chi connectivity index (χ2v) is 4.64. The highest BCUT2D eigenvalue weighted by Gasteiger charge is 2.09. The molecule has 0 aromatic heterocycles. The Morgan fingerprint density at radius 1 is 1.07 bits per heavy atom. The van der Waals surface area contributed by atoms with Crippen LogP contribution in [0.2, 0.25) is 0 Å². The summed E-state index contributed by atoms with van der Waals surface area (Å²) in [6.45, 7) is 12.9. The van der Waals surface area contributed by atoms with Crippen LogP contribution < -0.4 is 0 Å². The van der Waals surface area contributed by atoms with E-state index in [-0.39, 0.29) is 0 Å². The second-order valence-electron chi connectivity index (χ2n) is 4.64. The molecule has 0 nitrogen and oxygen atoms in total. The van der Waals surface area contributed by atoms with Crippen molar-refractivity contribution in [3.63, 3.8) is 0 Å². The Morgan fingerprint density at radius 2 is 1.60 bits per heavy atom. The zero-order valence-corrected chi connectivity index (χ0v) is 11.2. The lowest BCUT2D eigenvalue weighted by molar-refractivity contribution is 0.675. The van der Waals surface area contributed by atoms with Crippen LogP contribution >= 0.6 is 0 Å². The van der Waals surface area contributed by atoms with E-state index >= 15 is 0 Å². The van der Waals surface area contributed by atoms with Crippen molar-refractivity contribution in [3.8, 4) is 0 Å². The van der Waals surface area contributed by atoms with Crippen molar-refractivity contribution in [3.05, 3.63) is 23.3 Å². The normalized spacial score (nSPS) is 15.7. The average Bonchev–Trinajstić information content (AvgIpc) is 2.20. The van der Waals surface area contributed by atoms with Crippen molar-refractivity contribution in [1.29, 1.82) is 0 Å². The fourth-order valence-electron chi connectivity index (χ4n) is 1.92. The van der Waals surface area contributed by atoms with Gasteiger partial charge in [-0.1, -0.05) is 50.8 Å². The fraction of sp³-hybridized carbons (Fsp3) is 0.733. The lowest BCUT2D eigenvalue weighted by Crippen LogP contribution is -1.98. The van der Waals surface area contributed by atoms with E-state index in [0.717, 1.165) is 0 Å². The summed E-state index contributed by atoms with van der Waals surface area (Å²) in [5.41, 5.74) is 4.38. The van der Waals surface area contributed by atoms with Gasteiger partial charge in [-0.3, -0.25) is 0 Å². The number of hydrogen-bond donors (Lipinski definition) is 0. The van der Waals surface area contributed by atoms with E-state index in [1.54, 1.807) is 0 Å². The van der Waals surface area contributed by atoms with Gasteiger partial charge >= 0.3 is 0 Å². The molecule has 0 bridgehead atoms. The molecule has 15 heavy (non-hydrogen) atoms. The summed E-state index contributed by atoms with van der Waals surface area (Å²) in [4.78, 5) is 0. The van der Waals surface area contributed by atoms with Crippen molar-refractivity contribution in [2.45, 2.75) is 72.6 Å². The maximum atomic E-state index is 4.06. The molecule has 1 fully saturated rings. The molecule has 0 amide bonds. The molecule has 0 spiro atoms. The third-order valence-corrected chi connectivity index (χ3v) is 2.89. The van der Waals surface area contributed by atoms with Crippen molar-refractivity contribution >= 4 is 0 Å². The Hall–Kier alpha value is -0.520. The Bertz CT molecular complexity index is 202. The summed E-state index contributed by atoms with van der Waals surface area (Å²) >= 11 is 0. The molecule has 0 aliphatic heterocycles. The van der Waals surface area contributed by atoms with Gasteiger partial charge in [0.05, 0.1) is 0 Å². The molecule has 0 radical (unpaired) electrons. The van der Waals surface area contributed by atoms with Crippen LogP contribution in [0.4, 0.5) is 0 Å². The first kappa shape index (κ1) is 14.5. The van der Waals surface area contributed by atoms with Crippen molar-refractivity contribution in [2.24, 2.45) is 0 Å². The zero-order valence-electron chi connectivity index (χ0n) is 11.2. The minimum absolute atomic E-state index is 1.22. The molecule has 88 valence electrons. The average molecular weight is 208 g/mol. The van der Waals surface area contributed by atoms with E-state index in [0.29, 0.717) is 0 Å². The first-order valence-corrected chi connectivity index (χ1v) is 6.47. The van der Waals surface area contributed by atoms with Gasteiger partial charge in [0, 0.05) is 0 Å². The molecule has 0 saturated heterocycles. The first-order chi connectivity index (χ1) is 7.13. The van der Waals surface area contributed by atoms with Gasteiger partial charge in [-0.05, 0) is 45.1 Å². The predicted octanol–water partition coefficient (Wildman–Crippen LogP) is 5.65. The van der Waals surface area contributed by atoms with E-state index in [4.69, 9.17) is 0 Å². The highest BCUT2D eigenvalue weighted by Crippen LogP contribution is 2.29. The molecule has 1 aliphatic carbocycles. The maximum absolute atomic E-state index is 4.06. The van der Waals surface area contributed by atoms with Crippen LogP contribution in [0.1, 0.15) is 72.6 Å². The van der Waals surface area contributed by atoms with Crippen molar-refractivity contribution in [1.82, 2.24) is 0 Å². The Kier molecular flexibility index (Phi) is 8.46. The van der Waals surface area contributed by atoms with Crippen LogP contribution in [0, 0.1) is 0 Å². The molecule has 0 aromatic rings. The summed E-state index contributed by atoms with van der Waals surface area (Å²) in [6, 6.07) is 0. The first-order valence-electron chi connectivity index (χ1n) is 6.47. The van der Waals surface area contributed by atoms with Gasteiger partial charge in [0.25, 0.3) is 0 Å². The van der Waals surface area contributed by atoms with Crippen LogP contribution in [-0.4, -0.2) is 0 Å². The maximum Gasteiger partial charge on any atom is -0.0277 e. The van der Waals surface area contributed by atoms with Gasteiger partial charge in [-0.15, -0.1) is 0 Å². The van der Waals surface area contributed by atoms with Gasteiger partial charge in [-0.25, -0.2) is 0 Å². The molecule has 1 rings (SSSR count). The van der Waals surface area contributed by atoms with E-state index < -0.39 is 0 Å². The van der Waals surface area contributed by atoms with Crippen molar-refractivity contribution < 1.29 is 0 Å². The number of rotatable bonds is 2. The molecule has 0 heterocycles. The van der Waals surface area contributed by atoms with Gasteiger partial charge in [0.15, 0.2) is 0 Å². The van der Waals surface area contributed by atoms with Crippen LogP contribution in [0.25, 0.3) is 0 Å². The number of hydrogen-bond acceptors (Lipinski definition) is 0. The molecule has 0 aromatic carbocycles. The fourth-order valence-corrected chi connectivity index (χ4v) is 1.92. The molecule has 0 atom stereocenters. The topological polar surface area (TPSA) is 0 Å². The second kappa shape index (κ2) is 8.76. The summed E-state index contributed by atoms with van der Waals surface area (Å²) in [5, 5.41) is 0. The van der Waals surface area contributed by atoms with Crippen LogP contribution in [0.15, 0.2) is 23.3 Å². The van der Waals surface area contributed by atoms with Crippen LogP contribution in [0.3, 0.4) is 0 Å². The van der Waals surface area contributed by atoms with Gasteiger partial charge in [-0.2, -0.15) is 0 Å². The molecular formula is C15H28. The summed E-state index contributed by atoms with van der Waals surface area (Å²) in [6.07, 6.45) is 9.27. The Balaban J connectivity index is 0.000000336. The minimum atomic E-state index is 1.22.